The van der Waals surface area contributed by atoms with Gasteiger partial charge in [-0.2, -0.15) is 0 Å². The van der Waals surface area contributed by atoms with E-state index in [2.05, 4.69) is 30.3 Å². The molecule has 0 saturated heterocycles. The van der Waals surface area contributed by atoms with Crippen molar-refractivity contribution >= 4 is 25.3 Å². The third-order valence-electron chi connectivity index (χ3n) is 4.52. The van der Waals surface area contributed by atoms with Crippen molar-refractivity contribution in [3.63, 3.8) is 0 Å². The van der Waals surface area contributed by atoms with E-state index >= 15 is 0 Å². The first-order valence-corrected chi connectivity index (χ1v) is 11.9. The second-order valence-electron chi connectivity index (χ2n) is 7.42. The number of para-hydroxylation sites is 1. The second kappa shape index (κ2) is 6.01. The van der Waals surface area contributed by atoms with Crippen molar-refractivity contribution in [2.24, 2.45) is 0 Å². The Hall–Kier alpha value is -1.39. The highest BCUT2D eigenvalue weighted by molar-refractivity contribution is 6.76. The maximum Gasteiger partial charge on any atom is 0.152 e. The van der Waals surface area contributed by atoms with Crippen LogP contribution in [0.25, 0.3) is 10.9 Å². The molecule has 3 rings (SSSR count). The van der Waals surface area contributed by atoms with Gasteiger partial charge < -0.3 is 9.30 Å². The van der Waals surface area contributed by atoms with E-state index in [4.69, 9.17) is 4.74 Å². The van der Waals surface area contributed by atoms with Gasteiger partial charge in [-0.3, -0.25) is 4.79 Å². The molecule has 0 amide bonds. The van der Waals surface area contributed by atoms with Crippen LogP contribution in [-0.4, -0.2) is 25.5 Å². The van der Waals surface area contributed by atoms with Crippen LogP contribution >= 0.6 is 0 Å². The summed E-state index contributed by atoms with van der Waals surface area (Å²) in [7, 11) is -1.06. The molecule has 1 aromatic carbocycles. The number of hydrogen-bond acceptors (Lipinski definition) is 2. The molecule has 1 aliphatic rings. The number of carbonyl (C=O) groups excluding carboxylic acids is 1. The molecule has 22 heavy (non-hydrogen) atoms. The molecule has 2 aromatic rings. The number of hydrogen-bond donors (Lipinski definition) is 0. The number of ether oxygens (including phenoxy) is 1. The fourth-order valence-electron chi connectivity index (χ4n) is 3.33. The summed E-state index contributed by atoms with van der Waals surface area (Å²) in [5.41, 5.74) is 4.64. The number of aldehydes is 1. The van der Waals surface area contributed by atoms with Crippen molar-refractivity contribution in [1.29, 1.82) is 0 Å². The van der Waals surface area contributed by atoms with Crippen LogP contribution < -0.4 is 0 Å². The molecule has 0 fully saturated rings. The summed E-state index contributed by atoms with van der Waals surface area (Å²) in [4.78, 5) is 11.4. The van der Waals surface area contributed by atoms with E-state index in [9.17, 15) is 4.79 Å². The lowest BCUT2D eigenvalue weighted by atomic mass is 10.1. The first kappa shape index (κ1) is 15.5. The molecule has 1 heterocycles. The van der Waals surface area contributed by atoms with Crippen molar-refractivity contribution in [2.75, 3.05) is 6.61 Å². The average molecular weight is 315 g/mol. The normalized spacial score (nSPS) is 14.5. The highest BCUT2D eigenvalue weighted by Gasteiger charge is 2.23. The Morgan fingerprint density at radius 1 is 1.27 bits per heavy atom. The molecule has 1 aromatic heterocycles. The number of fused-ring (bicyclic) bond motifs is 3. The molecular formula is C18H25NO2Si. The maximum absolute atomic E-state index is 11.4. The zero-order chi connectivity index (χ0) is 15.7. The predicted molar refractivity (Wildman–Crippen MR) is 93.5 cm³/mol. The van der Waals surface area contributed by atoms with Crippen LogP contribution in [0.3, 0.4) is 0 Å². The van der Waals surface area contributed by atoms with Crippen LogP contribution in [0.15, 0.2) is 18.2 Å². The molecular weight excluding hydrogens is 290 g/mol. The molecule has 0 radical (unpaired) electrons. The Morgan fingerprint density at radius 2 is 2.09 bits per heavy atom. The van der Waals surface area contributed by atoms with Crippen LogP contribution in [0.1, 0.15) is 28.0 Å². The van der Waals surface area contributed by atoms with Crippen molar-refractivity contribution < 1.29 is 9.53 Å². The Kier molecular flexibility index (Phi) is 4.23. The first-order chi connectivity index (χ1) is 10.5. The van der Waals surface area contributed by atoms with Crippen LogP contribution in [0.2, 0.25) is 25.7 Å². The molecule has 0 spiro atoms. The number of nitrogens with zero attached hydrogens (tertiary/aromatic N) is 1. The van der Waals surface area contributed by atoms with Crippen LogP contribution in [0.5, 0.6) is 0 Å². The monoisotopic (exact) mass is 315 g/mol. The highest BCUT2D eigenvalue weighted by atomic mass is 28.3. The van der Waals surface area contributed by atoms with Crippen molar-refractivity contribution in [3.05, 3.63) is 35.0 Å². The smallest absolute Gasteiger partial charge is 0.152 e. The minimum absolute atomic E-state index is 0.571. The molecule has 0 atom stereocenters. The van der Waals surface area contributed by atoms with Gasteiger partial charge in [0.15, 0.2) is 6.29 Å². The molecule has 0 N–H and O–H groups in total. The molecule has 0 aliphatic heterocycles. The molecule has 0 saturated carbocycles. The van der Waals surface area contributed by atoms with Gasteiger partial charge in [-0.25, -0.2) is 0 Å². The predicted octanol–water partition coefficient (Wildman–Crippen LogP) is 4.25. The molecule has 4 heteroatoms. The lowest BCUT2D eigenvalue weighted by Crippen LogP contribution is -2.22. The lowest BCUT2D eigenvalue weighted by molar-refractivity contribution is 0.0885. The van der Waals surface area contributed by atoms with Crippen molar-refractivity contribution in [1.82, 2.24) is 4.57 Å². The van der Waals surface area contributed by atoms with Gasteiger partial charge in [0.25, 0.3) is 0 Å². The quantitative estimate of drug-likeness (QED) is 0.453. The second-order valence-corrected chi connectivity index (χ2v) is 13.0. The molecule has 0 unspecified atom stereocenters. The fraction of sp³-hybridized carbons (Fsp3) is 0.500. The zero-order valence-corrected chi connectivity index (χ0v) is 14.8. The summed E-state index contributed by atoms with van der Waals surface area (Å²) in [5.74, 6) is 0. The topological polar surface area (TPSA) is 31.2 Å². The summed E-state index contributed by atoms with van der Waals surface area (Å²) in [5, 5.41) is 1.24. The van der Waals surface area contributed by atoms with Gasteiger partial charge in [0.1, 0.15) is 6.73 Å². The first-order valence-electron chi connectivity index (χ1n) is 8.17. The largest absolute Gasteiger partial charge is 0.361 e. The van der Waals surface area contributed by atoms with E-state index in [1.807, 2.05) is 12.1 Å². The van der Waals surface area contributed by atoms with Crippen molar-refractivity contribution in [2.45, 2.75) is 51.7 Å². The third kappa shape index (κ3) is 2.90. The fourth-order valence-corrected chi connectivity index (χ4v) is 4.09. The Balaban J connectivity index is 1.90. The summed E-state index contributed by atoms with van der Waals surface area (Å²) in [6, 6.07) is 7.21. The number of benzene rings is 1. The summed E-state index contributed by atoms with van der Waals surface area (Å²) < 4.78 is 8.21. The molecule has 0 bridgehead atoms. The van der Waals surface area contributed by atoms with Crippen LogP contribution in [-0.2, 0) is 24.3 Å². The standard InChI is InChI=1S/C18H25NO2Si/c1-22(2,3)11-10-21-13-19-17-9-5-7-15(17)16-8-4-6-14(12-20)18(16)19/h4,6,8,12H,5,7,9-11,13H2,1-3H3. The van der Waals surface area contributed by atoms with Crippen LogP contribution in [0, 0.1) is 0 Å². The number of rotatable bonds is 6. The third-order valence-corrected chi connectivity index (χ3v) is 6.22. The Labute approximate surface area is 133 Å². The van der Waals surface area contributed by atoms with Gasteiger partial charge in [0.05, 0.1) is 5.52 Å². The number of aromatic nitrogens is 1. The van der Waals surface area contributed by atoms with Gasteiger partial charge >= 0.3 is 0 Å². The maximum atomic E-state index is 11.4. The molecule has 1 aliphatic carbocycles. The minimum Gasteiger partial charge on any atom is -0.361 e. The lowest BCUT2D eigenvalue weighted by Gasteiger charge is -2.17. The Bertz CT molecular complexity index is 697. The van der Waals surface area contributed by atoms with Crippen molar-refractivity contribution in [3.8, 4) is 0 Å². The zero-order valence-electron chi connectivity index (χ0n) is 13.8. The summed E-state index contributed by atoms with van der Waals surface area (Å²) in [6.45, 7) is 8.48. The van der Waals surface area contributed by atoms with Gasteiger partial charge in [-0.05, 0) is 36.9 Å². The van der Waals surface area contributed by atoms with Gasteiger partial charge in [0, 0.05) is 31.3 Å². The van der Waals surface area contributed by atoms with Gasteiger partial charge in [0.2, 0.25) is 0 Å². The van der Waals surface area contributed by atoms with E-state index in [0.29, 0.717) is 6.73 Å². The number of aryl methyl sites for hydroxylation is 1. The van der Waals surface area contributed by atoms with Crippen LogP contribution in [0.4, 0.5) is 0 Å². The van der Waals surface area contributed by atoms with E-state index < -0.39 is 8.07 Å². The highest BCUT2D eigenvalue weighted by Crippen LogP contribution is 2.34. The molecule has 3 nitrogen and oxygen atoms in total. The summed E-state index contributed by atoms with van der Waals surface area (Å²) >= 11 is 0. The van der Waals surface area contributed by atoms with E-state index in [0.717, 1.165) is 36.8 Å². The van der Waals surface area contributed by atoms with Gasteiger partial charge in [-0.15, -0.1) is 0 Å². The van der Waals surface area contributed by atoms with E-state index in [1.54, 1.807) is 0 Å². The summed E-state index contributed by atoms with van der Waals surface area (Å²) in [6.07, 6.45) is 4.40. The van der Waals surface area contributed by atoms with E-state index in [-0.39, 0.29) is 0 Å². The SMILES string of the molecule is C[Si](C)(C)CCOCn1c2c(c3cccc(C=O)c31)CCC2. The molecule has 118 valence electrons. The average Bonchev–Trinajstić information content (AvgIpc) is 3.04. The Morgan fingerprint density at radius 3 is 2.82 bits per heavy atom. The number of carbonyl (C=O) groups is 1. The van der Waals surface area contributed by atoms with Gasteiger partial charge in [-0.1, -0.05) is 31.8 Å². The minimum atomic E-state index is -1.06. The van der Waals surface area contributed by atoms with E-state index in [1.165, 1.54) is 29.1 Å².